The van der Waals surface area contributed by atoms with E-state index in [-0.39, 0.29) is 16.1 Å². The molecule has 0 saturated carbocycles. The van der Waals surface area contributed by atoms with Crippen LogP contribution in [-0.4, -0.2) is 9.97 Å². The summed E-state index contributed by atoms with van der Waals surface area (Å²) in [5.41, 5.74) is 0.181. The standard InChI is InChI=1S/C9H5ClF2N2/c1-4-13-7-3-5(11)2-6(12)8(7)9(10)14-4/h2-3H,1H3. The molecule has 0 spiro atoms. The highest BCUT2D eigenvalue weighted by molar-refractivity contribution is 6.34. The van der Waals surface area contributed by atoms with E-state index in [0.717, 1.165) is 12.1 Å². The average molecular weight is 215 g/mol. The molecule has 2 aromatic rings. The quantitative estimate of drug-likeness (QED) is 0.631. The lowest BCUT2D eigenvalue weighted by molar-refractivity contribution is 0.591. The van der Waals surface area contributed by atoms with E-state index in [4.69, 9.17) is 11.6 Å². The second kappa shape index (κ2) is 3.13. The maximum absolute atomic E-state index is 13.2. The van der Waals surface area contributed by atoms with Crippen molar-refractivity contribution in [2.45, 2.75) is 6.92 Å². The van der Waals surface area contributed by atoms with E-state index in [1.165, 1.54) is 0 Å². The molecule has 0 aliphatic carbocycles. The van der Waals surface area contributed by atoms with Crippen LogP contribution >= 0.6 is 11.6 Å². The number of hydrogen-bond acceptors (Lipinski definition) is 2. The van der Waals surface area contributed by atoms with E-state index in [1.54, 1.807) is 6.92 Å². The Labute approximate surface area is 83.6 Å². The summed E-state index contributed by atoms with van der Waals surface area (Å²) in [7, 11) is 0. The van der Waals surface area contributed by atoms with Crippen molar-refractivity contribution in [2.24, 2.45) is 0 Å². The number of fused-ring (bicyclic) bond motifs is 1. The van der Waals surface area contributed by atoms with E-state index < -0.39 is 11.6 Å². The van der Waals surface area contributed by atoms with Gasteiger partial charge in [-0.15, -0.1) is 0 Å². The zero-order valence-corrected chi connectivity index (χ0v) is 7.94. The Morgan fingerprint density at radius 3 is 2.64 bits per heavy atom. The first-order valence-corrected chi connectivity index (χ1v) is 4.24. The molecular weight excluding hydrogens is 210 g/mol. The maximum Gasteiger partial charge on any atom is 0.143 e. The van der Waals surface area contributed by atoms with E-state index in [1.807, 2.05) is 0 Å². The molecule has 0 atom stereocenters. The third-order valence-corrected chi connectivity index (χ3v) is 2.06. The second-order valence-electron chi connectivity index (χ2n) is 2.84. The fraction of sp³-hybridized carbons (Fsp3) is 0.111. The predicted molar refractivity (Wildman–Crippen MR) is 49.2 cm³/mol. The van der Waals surface area contributed by atoms with Gasteiger partial charge < -0.3 is 0 Å². The minimum absolute atomic E-state index is 0.00463. The second-order valence-corrected chi connectivity index (χ2v) is 3.20. The topological polar surface area (TPSA) is 25.8 Å². The zero-order chi connectivity index (χ0) is 10.3. The largest absolute Gasteiger partial charge is 0.233 e. The van der Waals surface area contributed by atoms with Crippen LogP contribution in [0.25, 0.3) is 10.9 Å². The van der Waals surface area contributed by atoms with Gasteiger partial charge in [0.15, 0.2) is 0 Å². The first-order chi connectivity index (χ1) is 6.58. The fourth-order valence-corrected chi connectivity index (χ4v) is 1.56. The number of benzene rings is 1. The summed E-state index contributed by atoms with van der Waals surface area (Å²) in [6.45, 7) is 1.61. The van der Waals surface area contributed by atoms with Crippen LogP contribution in [0.15, 0.2) is 12.1 Å². The van der Waals surface area contributed by atoms with Crippen LogP contribution in [0, 0.1) is 18.6 Å². The summed E-state index contributed by atoms with van der Waals surface area (Å²) in [5, 5.41) is 0.0590. The Hall–Kier alpha value is -1.29. The summed E-state index contributed by atoms with van der Waals surface area (Å²) in [5.74, 6) is -1.04. The van der Waals surface area contributed by atoms with Gasteiger partial charge in [0.25, 0.3) is 0 Å². The van der Waals surface area contributed by atoms with Gasteiger partial charge in [-0.3, -0.25) is 0 Å². The van der Waals surface area contributed by atoms with Crippen LogP contribution < -0.4 is 0 Å². The van der Waals surface area contributed by atoms with Crippen molar-refractivity contribution in [3.63, 3.8) is 0 Å². The molecule has 5 heteroatoms. The van der Waals surface area contributed by atoms with Crippen LogP contribution in [0.4, 0.5) is 8.78 Å². The lowest BCUT2D eigenvalue weighted by atomic mass is 10.2. The number of aromatic nitrogens is 2. The minimum atomic E-state index is -0.745. The van der Waals surface area contributed by atoms with Gasteiger partial charge in [0.05, 0.1) is 10.9 Å². The van der Waals surface area contributed by atoms with E-state index in [2.05, 4.69) is 9.97 Å². The molecule has 14 heavy (non-hydrogen) atoms. The Morgan fingerprint density at radius 2 is 1.93 bits per heavy atom. The van der Waals surface area contributed by atoms with Crippen LogP contribution in [-0.2, 0) is 0 Å². The molecule has 1 aromatic carbocycles. The molecule has 0 radical (unpaired) electrons. The van der Waals surface area contributed by atoms with Gasteiger partial charge in [-0.05, 0) is 6.92 Å². The van der Waals surface area contributed by atoms with Gasteiger partial charge in [0.1, 0.15) is 22.6 Å². The molecule has 2 nitrogen and oxygen atoms in total. The third kappa shape index (κ3) is 1.42. The molecule has 0 saturated heterocycles. The lowest BCUT2D eigenvalue weighted by Crippen LogP contribution is -1.93. The molecule has 2 rings (SSSR count). The summed E-state index contributed by atoms with van der Waals surface area (Å²) in [6.07, 6.45) is 0. The van der Waals surface area contributed by atoms with Gasteiger partial charge in [-0.1, -0.05) is 11.6 Å². The smallest absolute Gasteiger partial charge is 0.143 e. The highest BCUT2D eigenvalue weighted by Crippen LogP contribution is 2.24. The van der Waals surface area contributed by atoms with Crippen molar-refractivity contribution >= 4 is 22.5 Å². The van der Waals surface area contributed by atoms with Gasteiger partial charge in [-0.2, -0.15) is 0 Å². The average Bonchev–Trinajstić information content (AvgIpc) is 1.99. The fourth-order valence-electron chi connectivity index (χ4n) is 1.25. The number of nitrogens with zero attached hydrogens (tertiary/aromatic N) is 2. The molecule has 0 unspecified atom stereocenters. The number of hydrogen-bond donors (Lipinski definition) is 0. The van der Waals surface area contributed by atoms with Gasteiger partial charge in [0.2, 0.25) is 0 Å². The number of aryl methyl sites for hydroxylation is 1. The highest BCUT2D eigenvalue weighted by Gasteiger charge is 2.10. The number of rotatable bonds is 0. The van der Waals surface area contributed by atoms with Crippen molar-refractivity contribution < 1.29 is 8.78 Å². The predicted octanol–water partition coefficient (Wildman–Crippen LogP) is 2.87. The molecule has 0 aliphatic rings. The lowest BCUT2D eigenvalue weighted by Gasteiger charge is -2.02. The molecule has 0 aliphatic heterocycles. The summed E-state index contributed by atoms with van der Waals surface area (Å²) in [4.78, 5) is 7.67. The first kappa shape index (κ1) is 9.27. The first-order valence-electron chi connectivity index (χ1n) is 3.87. The molecule has 0 bridgehead atoms. The van der Waals surface area contributed by atoms with Crippen LogP contribution in [0.5, 0.6) is 0 Å². The Bertz CT molecular complexity index is 471. The Kier molecular flexibility index (Phi) is 2.07. The highest BCUT2D eigenvalue weighted by atomic mass is 35.5. The molecule has 0 N–H and O–H groups in total. The molecule has 0 amide bonds. The van der Waals surface area contributed by atoms with E-state index >= 15 is 0 Å². The maximum atomic E-state index is 13.2. The summed E-state index contributed by atoms with van der Waals surface area (Å²) < 4.78 is 26.1. The van der Waals surface area contributed by atoms with E-state index in [0.29, 0.717) is 5.82 Å². The minimum Gasteiger partial charge on any atom is -0.233 e. The van der Waals surface area contributed by atoms with E-state index in [9.17, 15) is 8.78 Å². The van der Waals surface area contributed by atoms with Crippen molar-refractivity contribution in [1.29, 1.82) is 0 Å². The summed E-state index contributed by atoms with van der Waals surface area (Å²) in [6, 6.07) is 1.88. The molecule has 72 valence electrons. The van der Waals surface area contributed by atoms with Gasteiger partial charge >= 0.3 is 0 Å². The van der Waals surface area contributed by atoms with Crippen LogP contribution in [0.2, 0.25) is 5.15 Å². The Balaban J connectivity index is 2.94. The monoisotopic (exact) mass is 214 g/mol. The summed E-state index contributed by atoms with van der Waals surface area (Å²) >= 11 is 5.71. The van der Waals surface area contributed by atoms with Crippen molar-refractivity contribution in [3.8, 4) is 0 Å². The molecular formula is C9H5ClF2N2. The van der Waals surface area contributed by atoms with Gasteiger partial charge in [0, 0.05) is 12.1 Å². The zero-order valence-electron chi connectivity index (χ0n) is 7.18. The van der Waals surface area contributed by atoms with Gasteiger partial charge in [-0.25, -0.2) is 18.7 Å². The Morgan fingerprint density at radius 1 is 1.21 bits per heavy atom. The van der Waals surface area contributed by atoms with Crippen LogP contribution in [0.1, 0.15) is 5.82 Å². The SMILES string of the molecule is Cc1nc(Cl)c2c(F)cc(F)cc2n1. The van der Waals surface area contributed by atoms with Crippen molar-refractivity contribution in [3.05, 3.63) is 34.7 Å². The number of halogens is 3. The van der Waals surface area contributed by atoms with Crippen molar-refractivity contribution in [1.82, 2.24) is 9.97 Å². The normalized spacial score (nSPS) is 10.9. The molecule has 1 heterocycles. The van der Waals surface area contributed by atoms with Crippen LogP contribution in [0.3, 0.4) is 0 Å². The third-order valence-electron chi connectivity index (χ3n) is 1.78. The van der Waals surface area contributed by atoms with Crippen molar-refractivity contribution in [2.75, 3.05) is 0 Å². The molecule has 0 fully saturated rings. The molecule has 1 aromatic heterocycles.